The molecule has 4 rings (SSSR count). The predicted octanol–water partition coefficient (Wildman–Crippen LogP) is 4.38. The Labute approximate surface area is 155 Å². The highest BCUT2D eigenvalue weighted by Gasteiger charge is 2.29. The fraction of sp³-hybridized carbons (Fsp3) is 0.190. The van der Waals surface area contributed by atoms with Crippen LogP contribution in [0.25, 0.3) is 11.1 Å². The fourth-order valence-corrected chi connectivity index (χ4v) is 3.25. The highest BCUT2D eigenvalue weighted by atomic mass is 16.3. The molecular formula is C21H17N3O3. The summed E-state index contributed by atoms with van der Waals surface area (Å²) in [5, 5.41) is 9.62. The Kier molecular flexibility index (Phi) is 4.13. The molecule has 0 amide bonds. The number of carbonyl (C=O) groups excluding carboxylic acids is 1. The minimum Gasteiger partial charge on any atom is -0.467 e. The summed E-state index contributed by atoms with van der Waals surface area (Å²) in [6.45, 7) is 4.31. The molecule has 6 heteroatoms. The standard InChI is InChI=1S/C21H17N3O3/c1-13-10-16(14(2)24(13)12-15-6-5-9-26-15)20(25)17(11-22)21-23-18-7-3-4-8-19(18)27-21/h3-10,17H,12H2,1-2H3. The number of rotatable bonds is 5. The van der Waals surface area contributed by atoms with Gasteiger partial charge in [-0.15, -0.1) is 0 Å². The first-order chi connectivity index (χ1) is 13.1. The molecule has 0 bridgehead atoms. The zero-order valence-corrected chi connectivity index (χ0v) is 15.0. The normalized spacial score (nSPS) is 12.2. The molecule has 0 radical (unpaired) electrons. The van der Waals surface area contributed by atoms with Crippen LogP contribution < -0.4 is 0 Å². The molecule has 27 heavy (non-hydrogen) atoms. The Morgan fingerprint density at radius 2 is 2.07 bits per heavy atom. The quantitative estimate of drug-likeness (QED) is 0.494. The first-order valence-corrected chi connectivity index (χ1v) is 8.57. The summed E-state index contributed by atoms with van der Waals surface area (Å²) < 4.78 is 13.0. The molecule has 0 saturated carbocycles. The third-order valence-electron chi connectivity index (χ3n) is 4.68. The van der Waals surface area contributed by atoms with E-state index in [0.29, 0.717) is 23.2 Å². The van der Waals surface area contributed by atoms with Gasteiger partial charge in [0.1, 0.15) is 11.3 Å². The number of furan rings is 1. The number of nitrogens with zero attached hydrogens (tertiary/aromatic N) is 3. The number of para-hydroxylation sites is 2. The lowest BCUT2D eigenvalue weighted by Gasteiger charge is -2.08. The average Bonchev–Trinajstić information content (AvgIpc) is 3.38. The van der Waals surface area contributed by atoms with Crippen LogP contribution in [0.15, 0.2) is 57.6 Å². The van der Waals surface area contributed by atoms with Gasteiger partial charge in [-0.1, -0.05) is 12.1 Å². The third kappa shape index (κ3) is 2.93. The van der Waals surface area contributed by atoms with Crippen LogP contribution in [0.4, 0.5) is 0 Å². The van der Waals surface area contributed by atoms with Gasteiger partial charge in [-0.25, -0.2) is 4.98 Å². The first kappa shape index (κ1) is 16.9. The van der Waals surface area contributed by atoms with Gasteiger partial charge in [-0.2, -0.15) is 5.26 Å². The van der Waals surface area contributed by atoms with Gasteiger partial charge < -0.3 is 13.4 Å². The first-order valence-electron chi connectivity index (χ1n) is 8.57. The van der Waals surface area contributed by atoms with Crippen LogP contribution in [-0.4, -0.2) is 15.3 Å². The minimum absolute atomic E-state index is 0.125. The van der Waals surface area contributed by atoms with Crippen molar-refractivity contribution >= 4 is 16.9 Å². The lowest BCUT2D eigenvalue weighted by atomic mass is 9.99. The number of aryl methyl sites for hydroxylation is 1. The van der Waals surface area contributed by atoms with Crippen LogP contribution in [0.5, 0.6) is 0 Å². The number of ketones is 1. The van der Waals surface area contributed by atoms with E-state index in [9.17, 15) is 10.1 Å². The molecular weight excluding hydrogens is 342 g/mol. The van der Waals surface area contributed by atoms with Crippen molar-refractivity contribution in [3.8, 4) is 6.07 Å². The number of hydrogen-bond donors (Lipinski definition) is 0. The van der Waals surface area contributed by atoms with Gasteiger partial charge in [-0.05, 0) is 44.2 Å². The lowest BCUT2D eigenvalue weighted by Crippen LogP contribution is -2.13. The molecule has 4 aromatic rings. The summed E-state index contributed by atoms with van der Waals surface area (Å²) in [6.07, 6.45) is 1.62. The number of aromatic nitrogens is 2. The van der Waals surface area contributed by atoms with Crippen molar-refractivity contribution in [2.75, 3.05) is 0 Å². The second-order valence-corrected chi connectivity index (χ2v) is 6.40. The van der Waals surface area contributed by atoms with E-state index in [-0.39, 0.29) is 11.7 Å². The molecule has 6 nitrogen and oxygen atoms in total. The van der Waals surface area contributed by atoms with E-state index >= 15 is 0 Å². The molecule has 0 N–H and O–H groups in total. The Morgan fingerprint density at radius 3 is 2.78 bits per heavy atom. The molecule has 1 unspecified atom stereocenters. The number of Topliss-reactive ketones (excluding diaryl/α,β-unsaturated/α-hetero) is 1. The van der Waals surface area contributed by atoms with Gasteiger partial charge in [0, 0.05) is 17.0 Å². The third-order valence-corrected chi connectivity index (χ3v) is 4.68. The van der Waals surface area contributed by atoms with Crippen molar-refractivity contribution in [1.29, 1.82) is 5.26 Å². The van der Waals surface area contributed by atoms with Crippen LogP contribution in [-0.2, 0) is 6.54 Å². The Balaban J connectivity index is 1.69. The molecule has 0 spiro atoms. The van der Waals surface area contributed by atoms with Crippen molar-refractivity contribution in [3.63, 3.8) is 0 Å². The second kappa shape index (κ2) is 6.61. The molecule has 1 aromatic carbocycles. The van der Waals surface area contributed by atoms with E-state index in [1.165, 1.54) is 0 Å². The van der Waals surface area contributed by atoms with Crippen molar-refractivity contribution < 1.29 is 13.6 Å². The summed E-state index contributed by atoms with van der Waals surface area (Å²) in [5.41, 5.74) is 3.38. The topological polar surface area (TPSA) is 85.0 Å². The molecule has 0 saturated heterocycles. The molecule has 0 fully saturated rings. The van der Waals surface area contributed by atoms with Crippen LogP contribution in [0.2, 0.25) is 0 Å². The number of nitriles is 1. The van der Waals surface area contributed by atoms with Crippen molar-refractivity contribution in [1.82, 2.24) is 9.55 Å². The van der Waals surface area contributed by atoms with E-state index in [4.69, 9.17) is 8.83 Å². The van der Waals surface area contributed by atoms with E-state index in [0.717, 1.165) is 17.1 Å². The zero-order chi connectivity index (χ0) is 19.0. The largest absolute Gasteiger partial charge is 0.467 e. The summed E-state index contributed by atoms with van der Waals surface area (Å²) in [7, 11) is 0. The maximum atomic E-state index is 13.1. The zero-order valence-electron chi connectivity index (χ0n) is 15.0. The fourth-order valence-electron chi connectivity index (χ4n) is 3.25. The second-order valence-electron chi connectivity index (χ2n) is 6.40. The number of hydrogen-bond acceptors (Lipinski definition) is 5. The van der Waals surface area contributed by atoms with E-state index in [2.05, 4.69) is 4.98 Å². The maximum absolute atomic E-state index is 13.1. The molecule has 0 aliphatic carbocycles. The van der Waals surface area contributed by atoms with Gasteiger partial charge >= 0.3 is 0 Å². The van der Waals surface area contributed by atoms with Gasteiger partial charge in [0.15, 0.2) is 17.3 Å². The van der Waals surface area contributed by atoms with Crippen LogP contribution in [0, 0.1) is 25.2 Å². The Hall–Kier alpha value is -3.59. The van der Waals surface area contributed by atoms with Gasteiger partial charge in [0.2, 0.25) is 5.89 Å². The number of oxazole rings is 1. The summed E-state index contributed by atoms with van der Waals surface area (Å²) in [5.74, 6) is -0.482. The van der Waals surface area contributed by atoms with Gasteiger partial charge in [0.05, 0.1) is 18.9 Å². The number of benzene rings is 1. The smallest absolute Gasteiger partial charge is 0.220 e. The Morgan fingerprint density at radius 1 is 1.26 bits per heavy atom. The minimum atomic E-state index is -1.09. The molecule has 0 aliphatic rings. The van der Waals surface area contributed by atoms with Crippen molar-refractivity contribution in [2.45, 2.75) is 26.3 Å². The SMILES string of the molecule is Cc1cc(C(=O)C(C#N)c2nc3ccccc3o2)c(C)n1Cc1ccco1. The molecule has 1 atom stereocenters. The average molecular weight is 359 g/mol. The highest BCUT2D eigenvalue weighted by Crippen LogP contribution is 2.27. The Bertz CT molecular complexity index is 1130. The lowest BCUT2D eigenvalue weighted by molar-refractivity contribution is 0.0969. The maximum Gasteiger partial charge on any atom is 0.220 e. The monoisotopic (exact) mass is 359 g/mol. The molecule has 134 valence electrons. The van der Waals surface area contributed by atoms with Gasteiger partial charge in [0.25, 0.3) is 0 Å². The van der Waals surface area contributed by atoms with E-state index < -0.39 is 5.92 Å². The summed E-state index contributed by atoms with van der Waals surface area (Å²) in [6, 6.07) is 14.8. The summed E-state index contributed by atoms with van der Waals surface area (Å²) in [4.78, 5) is 17.4. The summed E-state index contributed by atoms with van der Waals surface area (Å²) >= 11 is 0. The van der Waals surface area contributed by atoms with Crippen molar-refractivity contribution in [2.24, 2.45) is 0 Å². The molecule has 0 aliphatic heterocycles. The molecule has 3 heterocycles. The number of fused-ring (bicyclic) bond motifs is 1. The van der Waals surface area contributed by atoms with Crippen LogP contribution in [0.3, 0.4) is 0 Å². The predicted molar refractivity (Wildman–Crippen MR) is 98.4 cm³/mol. The number of carbonyl (C=O) groups is 1. The van der Waals surface area contributed by atoms with Crippen LogP contribution in [0.1, 0.15) is 39.3 Å². The molecule has 3 aromatic heterocycles. The van der Waals surface area contributed by atoms with E-state index in [1.807, 2.05) is 48.7 Å². The highest BCUT2D eigenvalue weighted by molar-refractivity contribution is 6.03. The van der Waals surface area contributed by atoms with E-state index in [1.54, 1.807) is 24.5 Å². The van der Waals surface area contributed by atoms with Crippen LogP contribution >= 0.6 is 0 Å². The van der Waals surface area contributed by atoms with Gasteiger partial charge in [-0.3, -0.25) is 4.79 Å². The van der Waals surface area contributed by atoms with Crippen molar-refractivity contribution in [3.05, 3.63) is 77.3 Å².